The second kappa shape index (κ2) is 12.3. The number of halogens is 2. The van der Waals surface area contributed by atoms with Crippen LogP contribution in [0, 0.1) is 34.0 Å². The van der Waals surface area contributed by atoms with Crippen LogP contribution in [-0.4, -0.2) is 18.0 Å². The number of carbonyl (C=O) groups is 1. The number of fused-ring (bicyclic) bond motifs is 1. The molecule has 2 aliphatic carbocycles. The summed E-state index contributed by atoms with van der Waals surface area (Å²) < 4.78 is 5.72. The van der Waals surface area contributed by atoms with E-state index in [9.17, 15) is 10.1 Å². The Morgan fingerprint density at radius 1 is 0.919 bits per heavy atom. The van der Waals surface area contributed by atoms with E-state index in [1.807, 2.05) is 48.5 Å². The van der Waals surface area contributed by atoms with Crippen molar-refractivity contribution in [3.63, 3.8) is 0 Å². The number of nitrogens with zero attached hydrogens (tertiary/aromatic N) is 1. The minimum Gasteiger partial charge on any atom is -0.358 e. The Labute approximate surface area is 234 Å². The van der Waals surface area contributed by atoms with Crippen molar-refractivity contribution in [3.05, 3.63) is 69.7 Å². The summed E-state index contributed by atoms with van der Waals surface area (Å²) in [5.41, 5.74) is 1.90. The van der Waals surface area contributed by atoms with E-state index in [0.717, 1.165) is 61.6 Å². The maximum Gasteiger partial charge on any atom is 0.164 e. The molecule has 37 heavy (non-hydrogen) atoms. The molecule has 1 aliphatic heterocycles. The van der Waals surface area contributed by atoms with Crippen molar-refractivity contribution < 1.29 is 9.53 Å². The van der Waals surface area contributed by atoms with Crippen LogP contribution in [0.1, 0.15) is 78.9 Å². The van der Waals surface area contributed by atoms with Crippen LogP contribution in [0.4, 0.5) is 0 Å². The molecule has 3 nitrogen and oxygen atoms in total. The van der Waals surface area contributed by atoms with E-state index < -0.39 is 5.60 Å². The summed E-state index contributed by atoms with van der Waals surface area (Å²) >= 11 is 11.7. The lowest BCUT2D eigenvalue weighted by molar-refractivity contribution is -0.225. The first-order valence-corrected chi connectivity index (χ1v) is 13.5. The van der Waals surface area contributed by atoms with Gasteiger partial charge in [0, 0.05) is 32.7 Å². The molecule has 2 aromatic carbocycles. The molecule has 0 amide bonds. The van der Waals surface area contributed by atoms with Gasteiger partial charge in [-0.3, -0.25) is 4.79 Å². The van der Waals surface area contributed by atoms with Gasteiger partial charge >= 0.3 is 0 Å². The lowest BCUT2D eigenvalue weighted by Crippen LogP contribution is -2.60. The molecule has 0 spiro atoms. The molecule has 3 unspecified atom stereocenters. The largest absolute Gasteiger partial charge is 0.358 e. The standard InChI is InChI=1S/C15H16ClNO.C15H19ClO.2CH4/c1-14-7-6-12(15(14,9-17)18-10-14)8-11-2-4-13(16)5-3-11;1-3-15(2)9-8-12(14(15)17)10-11-4-6-13(16)7-5-11;;/h2-5,12H,6-8,10H2,1H3;4-7,12H,3,8-10H2,1-2H3;2*1H4/t12?,14-,15-;;;/m0.../s1. The molecule has 0 bridgehead atoms. The third-order valence-electron chi connectivity index (χ3n) is 8.88. The highest BCUT2D eigenvalue weighted by molar-refractivity contribution is 6.30. The molecule has 3 fully saturated rings. The lowest BCUT2D eigenvalue weighted by atomic mass is 9.68. The fourth-order valence-electron chi connectivity index (χ4n) is 6.14. The fraction of sp³-hybridized carbons (Fsp3) is 0.562. The van der Waals surface area contributed by atoms with E-state index in [0.29, 0.717) is 11.7 Å². The Bertz CT molecular complexity index is 1090. The van der Waals surface area contributed by atoms with Gasteiger partial charge in [0.25, 0.3) is 0 Å². The summed E-state index contributed by atoms with van der Waals surface area (Å²) in [4.78, 5) is 12.3. The summed E-state index contributed by atoms with van der Waals surface area (Å²) in [5, 5.41) is 11.0. The van der Waals surface area contributed by atoms with Crippen LogP contribution in [0.5, 0.6) is 0 Å². The summed E-state index contributed by atoms with van der Waals surface area (Å²) in [6.07, 6.45) is 6.98. The van der Waals surface area contributed by atoms with E-state index >= 15 is 0 Å². The highest BCUT2D eigenvalue weighted by Crippen LogP contribution is 2.59. The summed E-state index contributed by atoms with van der Waals surface area (Å²) in [5.74, 6) is 0.971. The van der Waals surface area contributed by atoms with Gasteiger partial charge in [0.05, 0.1) is 12.7 Å². The van der Waals surface area contributed by atoms with Gasteiger partial charge in [0.15, 0.2) is 5.60 Å². The van der Waals surface area contributed by atoms with Gasteiger partial charge in [0.1, 0.15) is 5.78 Å². The third kappa shape index (κ3) is 6.08. The minimum absolute atomic E-state index is 0. The van der Waals surface area contributed by atoms with Crippen LogP contribution in [0.25, 0.3) is 0 Å². The Balaban J connectivity index is 0.000000247. The van der Waals surface area contributed by atoms with Gasteiger partial charge in [-0.2, -0.15) is 5.26 Å². The molecule has 1 saturated heterocycles. The molecule has 2 saturated carbocycles. The molecule has 0 N–H and O–H groups in total. The van der Waals surface area contributed by atoms with E-state index in [-0.39, 0.29) is 31.6 Å². The Morgan fingerprint density at radius 2 is 1.46 bits per heavy atom. The fourth-order valence-corrected chi connectivity index (χ4v) is 6.39. The van der Waals surface area contributed by atoms with E-state index in [2.05, 4.69) is 26.8 Å². The zero-order chi connectivity index (χ0) is 25.3. The number of carbonyl (C=O) groups excluding carboxylic acids is 1. The molecule has 5 heteroatoms. The van der Waals surface area contributed by atoms with Crippen molar-refractivity contribution in [1.82, 2.24) is 0 Å². The maximum absolute atomic E-state index is 12.3. The number of nitriles is 1. The quantitative estimate of drug-likeness (QED) is 0.377. The molecule has 5 rings (SSSR count). The van der Waals surface area contributed by atoms with Crippen molar-refractivity contribution in [3.8, 4) is 6.07 Å². The van der Waals surface area contributed by atoms with Gasteiger partial charge in [-0.05, 0) is 80.3 Å². The molecule has 2 aromatic rings. The van der Waals surface area contributed by atoms with E-state index in [4.69, 9.17) is 27.9 Å². The van der Waals surface area contributed by atoms with Crippen LogP contribution in [0.3, 0.4) is 0 Å². The molecular formula is C32H43Cl2NO2. The molecule has 5 atom stereocenters. The van der Waals surface area contributed by atoms with Gasteiger partial charge in [0.2, 0.25) is 0 Å². The predicted molar refractivity (Wildman–Crippen MR) is 155 cm³/mol. The van der Waals surface area contributed by atoms with Crippen LogP contribution >= 0.6 is 23.2 Å². The average Bonchev–Trinajstić information content (AvgIpc) is 3.23. The van der Waals surface area contributed by atoms with Crippen LogP contribution < -0.4 is 0 Å². The van der Waals surface area contributed by atoms with Crippen molar-refractivity contribution in [1.29, 1.82) is 5.26 Å². The van der Waals surface area contributed by atoms with Crippen molar-refractivity contribution in [2.75, 3.05) is 6.61 Å². The number of Topliss-reactive ketones (excluding diaryl/α,β-unsaturated/α-hetero) is 1. The van der Waals surface area contributed by atoms with Crippen molar-refractivity contribution in [2.24, 2.45) is 22.7 Å². The number of benzene rings is 2. The monoisotopic (exact) mass is 543 g/mol. The summed E-state index contributed by atoms with van der Waals surface area (Å²) in [6.45, 7) is 7.14. The zero-order valence-electron chi connectivity index (χ0n) is 20.9. The summed E-state index contributed by atoms with van der Waals surface area (Å²) in [7, 11) is 0. The van der Waals surface area contributed by atoms with Crippen molar-refractivity contribution >= 4 is 29.0 Å². The lowest BCUT2D eigenvalue weighted by Gasteiger charge is -2.51. The smallest absolute Gasteiger partial charge is 0.164 e. The van der Waals surface area contributed by atoms with Crippen LogP contribution in [0.2, 0.25) is 10.0 Å². The highest BCUT2D eigenvalue weighted by Gasteiger charge is 2.66. The molecule has 3 aliphatic rings. The SMILES string of the molecule is C.C.CCC1(C)CCC(Cc2ccc(Cl)cc2)C1=O.C[C@@]12CCC(Cc3ccc(Cl)cc3)[C@]1(C#N)OC2. The van der Waals surface area contributed by atoms with Gasteiger partial charge in [-0.1, -0.05) is 83.1 Å². The highest BCUT2D eigenvalue weighted by atomic mass is 35.5. The normalized spacial score (nSPS) is 31.5. The first-order chi connectivity index (χ1) is 16.6. The Morgan fingerprint density at radius 3 is 1.89 bits per heavy atom. The van der Waals surface area contributed by atoms with Crippen LogP contribution in [-0.2, 0) is 22.4 Å². The second-order valence-electron chi connectivity index (χ2n) is 11.1. The minimum atomic E-state index is -0.549. The van der Waals surface area contributed by atoms with Gasteiger partial charge in [-0.25, -0.2) is 0 Å². The molecule has 0 aromatic heterocycles. The Kier molecular flexibility index (Phi) is 10.5. The number of ketones is 1. The van der Waals surface area contributed by atoms with Gasteiger partial charge < -0.3 is 4.74 Å². The Hall–Kier alpha value is -1.86. The predicted octanol–water partition coefficient (Wildman–Crippen LogP) is 9.14. The topological polar surface area (TPSA) is 50.1 Å². The molecule has 0 radical (unpaired) electrons. The molecule has 1 heterocycles. The molecule has 202 valence electrons. The number of ether oxygens (including phenoxy) is 1. The third-order valence-corrected chi connectivity index (χ3v) is 9.39. The van der Waals surface area contributed by atoms with Crippen molar-refractivity contribution in [2.45, 2.75) is 86.2 Å². The first kappa shape index (κ1) is 31.4. The summed E-state index contributed by atoms with van der Waals surface area (Å²) in [6, 6.07) is 18.2. The first-order valence-electron chi connectivity index (χ1n) is 12.7. The maximum atomic E-state index is 12.3. The van der Waals surface area contributed by atoms with E-state index in [1.165, 1.54) is 11.1 Å². The number of hydrogen-bond donors (Lipinski definition) is 0. The van der Waals surface area contributed by atoms with Crippen LogP contribution in [0.15, 0.2) is 48.5 Å². The zero-order valence-corrected chi connectivity index (χ0v) is 22.5. The number of rotatable bonds is 5. The van der Waals surface area contributed by atoms with E-state index in [1.54, 1.807) is 0 Å². The average molecular weight is 545 g/mol. The van der Waals surface area contributed by atoms with Gasteiger partial charge in [-0.15, -0.1) is 0 Å². The molecular weight excluding hydrogens is 501 g/mol. The second-order valence-corrected chi connectivity index (χ2v) is 12.0. The number of hydrogen-bond acceptors (Lipinski definition) is 3.